The van der Waals surface area contributed by atoms with Crippen LogP contribution in [0.2, 0.25) is 0 Å². The zero-order chi connectivity index (χ0) is 13.4. The molecule has 0 aromatic heterocycles. The molecule has 1 aliphatic rings. The normalized spacial score (nSPS) is 25.7. The molecule has 0 radical (unpaired) electrons. The molecule has 4 nitrogen and oxygen atoms in total. The maximum Gasteiger partial charge on any atom is 0.155 e. The quantitative estimate of drug-likeness (QED) is 0.679. The van der Waals surface area contributed by atoms with Gasteiger partial charge in [0.2, 0.25) is 0 Å². The Kier molecular flexibility index (Phi) is 7.82. The lowest BCUT2D eigenvalue weighted by Gasteiger charge is -2.31. The Hall–Kier alpha value is -0.160. The number of hydrogen-bond acceptors (Lipinski definition) is 4. The third kappa shape index (κ3) is 6.14. The zero-order valence-corrected chi connectivity index (χ0v) is 12.3. The summed E-state index contributed by atoms with van der Waals surface area (Å²) in [6, 6.07) is 0. The van der Waals surface area contributed by atoms with Crippen LogP contribution in [-0.4, -0.2) is 44.3 Å². The average Bonchev–Trinajstić information content (AvgIpc) is 2.37. The van der Waals surface area contributed by atoms with Gasteiger partial charge in [-0.15, -0.1) is 0 Å². The van der Waals surface area contributed by atoms with Gasteiger partial charge in [-0.05, 0) is 27.2 Å². The van der Waals surface area contributed by atoms with E-state index >= 15 is 0 Å². The predicted molar refractivity (Wildman–Crippen MR) is 72.7 cm³/mol. The highest BCUT2D eigenvalue weighted by Gasteiger charge is 2.23. The van der Waals surface area contributed by atoms with Crippen LogP contribution in [0, 0.1) is 0 Å². The Morgan fingerprint density at radius 2 is 2.06 bits per heavy atom. The number of unbranched alkanes of at least 4 members (excludes halogenated alkanes) is 1. The third-order valence-electron chi connectivity index (χ3n) is 3.27. The van der Waals surface area contributed by atoms with E-state index in [-0.39, 0.29) is 24.6 Å². The molecular weight excluding hydrogens is 230 g/mol. The van der Waals surface area contributed by atoms with Crippen molar-refractivity contribution >= 4 is 0 Å². The zero-order valence-electron chi connectivity index (χ0n) is 12.3. The van der Waals surface area contributed by atoms with Crippen molar-refractivity contribution in [3.05, 3.63) is 0 Å². The van der Waals surface area contributed by atoms with Gasteiger partial charge >= 0.3 is 0 Å². The van der Waals surface area contributed by atoms with Gasteiger partial charge in [0.25, 0.3) is 0 Å². The SMILES string of the molecule is CCCCC(C)OC(C)OC(C)C1CNCCO1. The molecule has 0 aromatic rings. The van der Waals surface area contributed by atoms with Gasteiger partial charge in [-0.1, -0.05) is 19.8 Å². The second-order valence-electron chi connectivity index (χ2n) is 5.11. The molecule has 4 unspecified atom stereocenters. The summed E-state index contributed by atoms with van der Waals surface area (Å²) in [6.45, 7) is 10.9. The van der Waals surface area contributed by atoms with Crippen LogP contribution in [0.5, 0.6) is 0 Å². The van der Waals surface area contributed by atoms with E-state index in [4.69, 9.17) is 14.2 Å². The molecule has 0 spiro atoms. The highest BCUT2D eigenvalue weighted by atomic mass is 16.7. The fraction of sp³-hybridized carbons (Fsp3) is 1.00. The molecule has 1 heterocycles. The molecule has 0 amide bonds. The van der Waals surface area contributed by atoms with Crippen LogP contribution >= 0.6 is 0 Å². The number of morpholine rings is 1. The van der Waals surface area contributed by atoms with E-state index in [1.54, 1.807) is 0 Å². The first kappa shape index (κ1) is 15.9. The number of ether oxygens (including phenoxy) is 3. The van der Waals surface area contributed by atoms with E-state index < -0.39 is 0 Å². The highest BCUT2D eigenvalue weighted by molar-refractivity contribution is 4.73. The monoisotopic (exact) mass is 259 g/mol. The average molecular weight is 259 g/mol. The van der Waals surface area contributed by atoms with Crippen LogP contribution in [0.3, 0.4) is 0 Å². The summed E-state index contributed by atoms with van der Waals surface area (Å²) in [5, 5.41) is 3.31. The molecule has 1 rings (SSSR count). The first-order chi connectivity index (χ1) is 8.63. The maximum atomic E-state index is 5.85. The largest absolute Gasteiger partial charge is 0.373 e. The van der Waals surface area contributed by atoms with Gasteiger partial charge in [0, 0.05) is 13.1 Å². The summed E-state index contributed by atoms with van der Waals surface area (Å²) in [6.07, 6.45) is 3.80. The van der Waals surface area contributed by atoms with Crippen LogP contribution < -0.4 is 5.32 Å². The van der Waals surface area contributed by atoms with Gasteiger partial charge in [-0.25, -0.2) is 0 Å². The standard InChI is InChI=1S/C14H29NO3/c1-5-6-7-11(2)17-13(4)18-12(3)14-10-15-8-9-16-14/h11-15H,5-10H2,1-4H3. The third-order valence-corrected chi connectivity index (χ3v) is 3.27. The van der Waals surface area contributed by atoms with Gasteiger partial charge < -0.3 is 19.5 Å². The molecular formula is C14H29NO3. The van der Waals surface area contributed by atoms with Crippen LogP contribution in [0.15, 0.2) is 0 Å². The summed E-state index contributed by atoms with van der Waals surface area (Å²) in [4.78, 5) is 0. The van der Waals surface area contributed by atoms with E-state index in [0.29, 0.717) is 0 Å². The number of rotatable bonds is 8. The summed E-state index contributed by atoms with van der Waals surface area (Å²) < 4.78 is 17.3. The van der Waals surface area contributed by atoms with Crippen LogP contribution in [-0.2, 0) is 14.2 Å². The molecule has 4 atom stereocenters. The van der Waals surface area contributed by atoms with Gasteiger partial charge in [-0.2, -0.15) is 0 Å². The molecule has 18 heavy (non-hydrogen) atoms. The first-order valence-electron chi connectivity index (χ1n) is 7.26. The fourth-order valence-electron chi connectivity index (χ4n) is 2.20. The molecule has 1 N–H and O–H groups in total. The molecule has 0 saturated carbocycles. The molecule has 1 saturated heterocycles. The predicted octanol–water partition coefficient (Wildman–Crippen LogP) is 2.32. The van der Waals surface area contributed by atoms with Gasteiger partial charge in [0.15, 0.2) is 6.29 Å². The Morgan fingerprint density at radius 1 is 1.28 bits per heavy atom. The van der Waals surface area contributed by atoms with Crippen molar-refractivity contribution in [2.24, 2.45) is 0 Å². The molecule has 0 bridgehead atoms. The summed E-state index contributed by atoms with van der Waals surface area (Å²) in [5.41, 5.74) is 0. The van der Waals surface area contributed by atoms with Crippen molar-refractivity contribution in [2.75, 3.05) is 19.7 Å². The second kappa shape index (κ2) is 8.86. The van der Waals surface area contributed by atoms with Crippen molar-refractivity contribution in [2.45, 2.75) is 71.6 Å². The summed E-state index contributed by atoms with van der Waals surface area (Å²) in [7, 11) is 0. The van der Waals surface area contributed by atoms with Crippen molar-refractivity contribution in [3.63, 3.8) is 0 Å². The van der Waals surface area contributed by atoms with Gasteiger partial charge in [0.1, 0.15) is 0 Å². The van der Waals surface area contributed by atoms with Gasteiger partial charge in [0.05, 0.1) is 24.9 Å². The Morgan fingerprint density at radius 3 is 2.67 bits per heavy atom. The molecule has 0 aliphatic carbocycles. The van der Waals surface area contributed by atoms with Gasteiger partial charge in [-0.3, -0.25) is 0 Å². The van der Waals surface area contributed by atoms with Crippen LogP contribution in [0.4, 0.5) is 0 Å². The van der Waals surface area contributed by atoms with Crippen LogP contribution in [0.25, 0.3) is 0 Å². The van der Waals surface area contributed by atoms with E-state index in [1.807, 2.05) is 13.8 Å². The van der Waals surface area contributed by atoms with Crippen LogP contribution in [0.1, 0.15) is 47.0 Å². The molecule has 1 aliphatic heterocycles. The lowest BCUT2D eigenvalue weighted by molar-refractivity contribution is -0.204. The molecule has 0 aromatic carbocycles. The minimum Gasteiger partial charge on any atom is -0.373 e. The maximum absolute atomic E-state index is 5.85. The van der Waals surface area contributed by atoms with Crippen molar-refractivity contribution in [1.82, 2.24) is 5.32 Å². The fourth-order valence-corrected chi connectivity index (χ4v) is 2.20. The molecule has 4 heteroatoms. The Bertz CT molecular complexity index is 207. The van der Waals surface area contributed by atoms with E-state index in [2.05, 4.69) is 19.2 Å². The molecule has 108 valence electrons. The van der Waals surface area contributed by atoms with E-state index in [1.165, 1.54) is 12.8 Å². The lowest BCUT2D eigenvalue weighted by Crippen LogP contribution is -2.46. The van der Waals surface area contributed by atoms with Crippen molar-refractivity contribution in [3.8, 4) is 0 Å². The highest BCUT2D eigenvalue weighted by Crippen LogP contribution is 2.12. The Balaban J connectivity index is 2.19. The smallest absolute Gasteiger partial charge is 0.155 e. The summed E-state index contributed by atoms with van der Waals surface area (Å²) >= 11 is 0. The summed E-state index contributed by atoms with van der Waals surface area (Å²) in [5.74, 6) is 0. The van der Waals surface area contributed by atoms with E-state index in [0.717, 1.165) is 26.1 Å². The second-order valence-corrected chi connectivity index (χ2v) is 5.11. The topological polar surface area (TPSA) is 39.7 Å². The minimum atomic E-state index is -0.169. The first-order valence-corrected chi connectivity index (χ1v) is 7.26. The van der Waals surface area contributed by atoms with Crippen molar-refractivity contribution in [1.29, 1.82) is 0 Å². The molecule has 1 fully saturated rings. The Labute approximate surface area is 111 Å². The van der Waals surface area contributed by atoms with E-state index in [9.17, 15) is 0 Å². The minimum absolute atomic E-state index is 0.0613. The number of hydrogen-bond donors (Lipinski definition) is 1. The number of nitrogens with one attached hydrogen (secondary N) is 1. The lowest BCUT2D eigenvalue weighted by atomic mass is 10.2. The van der Waals surface area contributed by atoms with Crippen molar-refractivity contribution < 1.29 is 14.2 Å².